The van der Waals surface area contributed by atoms with Gasteiger partial charge in [0.25, 0.3) is 5.91 Å². The summed E-state index contributed by atoms with van der Waals surface area (Å²) in [5.74, 6) is 0.338. The number of rotatable bonds is 4. The number of amidine groups is 1. The van der Waals surface area contributed by atoms with Crippen LogP contribution < -0.4 is 5.32 Å². The summed E-state index contributed by atoms with van der Waals surface area (Å²) in [5, 5.41) is 3.79. The van der Waals surface area contributed by atoms with Gasteiger partial charge in [0.2, 0.25) is 0 Å². The Morgan fingerprint density at radius 3 is 2.78 bits per heavy atom. The number of hydrogen-bond acceptors (Lipinski definition) is 6. The van der Waals surface area contributed by atoms with E-state index in [1.165, 1.54) is 18.9 Å². The number of hydrogen-bond donors (Lipinski definition) is 1. The molecule has 1 aliphatic rings. The van der Waals surface area contributed by atoms with Crippen LogP contribution in [0.1, 0.15) is 21.7 Å². The average molecular weight is 487 g/mol. The lowest BCUT2D eigenvalue weighted by molar-refractivity contribution is -0.115. The fraction of sp³-hybridized carbons (Fsp3) is 0.0870. The standard InChI is InChI=1S/C23H16Cl2N2O4S/c1-12-6-7-13(22(29)30-2)10-15(12)18-9-8-14(31-18)11-19-21(28)27-23(32-19)26-17-5-3-4-16(24)20(17)25/h3-11H,1-2H3,(H,26,27,28)/b19-11+. The second-order valence-electron chi connectivity index (χ2n) is 6.78. The van der Waals surface area contributed by atoms with Gasteiger partial charge in [0, 0.05) is 11.6 Å². The highest BCUT2D eigenvalue weighted by molar-refractivity contribution is 8.18. The van der Waals surface area contributed by atoms with Crippen LogP contribution in [-0.2, 0) is 9.53 Å². The molecule has 3 aromatic rings. The first kappa shape index (κ1) is 22.2. The lowest BCUT2D eigenvalue weighted by Crippen LogP contribution is -2.19. The van der Waals surface area contributed by atoms with Gasteiger partial charge in [-0.05, 0) is 60.6 Å². The van der Waals surface area contributed by atoms with Crippen molar-refractivity contribution in [3.05, 3.63) is 80.4 Å². The molecular weight excluding hydrogens is 471 g/mol. The Hall–Kier alpha value is -3.00. The zero-order valence-corrected chi connectivity index (χ0v) is 19.3. The van der Waals surface area contributed by atoms with E-state index in [1.54, 1.807) is 48.5 Å². The Morgan fingerprint density at radius 2 is 2.00 bits per heavy atom. The van der Waals surface area contributed by atoms with Gasteiger partial charge in [-0.1, -0.05) is 35.3 Å². The second kappa shape index (κ2) is 9.24. The highest BCUT2D eigenvalue weighted by Gasteiger charge is 2.25. The molecule has 1 saturated heterocycles. The summed E-state index contributed by atoms with van der Waals surface area (Å²) in [6.45, 7) is 1.92. The highest BCUT2D eigenvalue weighted by Crippen LogP contribution is 2.35. The largest absolute Gasteiger partial charge is 0.465 e. The van der Waals surface area contributed by atoms with Crippen LogP contribution in [0.4, 0.5) is 5.69 Å². The van der Waals surface area contributed by atoms with Gasteiger partial charge in [0.15, 0.2) is 5.17 Å². The number of nitrogens with zero attached hydrogens (tertiary/aromatic N) is 1. The maximum absolute atomic E-state index is 12.4. The number of aryl methyl sites for hydroxylation is 1. The van der Waals surface area contributed by atoms with Crippen molar-refractivity contribution in [2.24, 2.45) is 4.99 Å². The summed E-state index contributed by atoms with van der Waals surface area (Å²) in [5.41, 5.74) is 2.59. The van der Waals surface area contributed by atoms with Crippen LogP contribution in [0.2, 0.25) is 10.0 Å². The van der Waals surface area contributed by atoms with Gasteiger partial charge >= 0.3 is 5.97 Å². The van der Waals surface area contributed by atoms with E-state index < -0.39 is 5.97 Å². The van der Waals surface area contributed by atoms with Crippen LogP contribution in [0, 0.1) is 6.92 Å². The summed E-state index contributed by atoms with van der Waals surface area (Å²) < 4.78 is 10.7. The molecule has 2 aromatic carbocycles. The van der Waals surface area contributed by atoms with Crippen molar-refractivity contribution >= 4 is 63.8 Å². The molecular formula is C23H16Cl2N2O4S. The van der Waals surface area contributed by atoms with E-state index in [4.69, 9.17) is 32.4 Å². The van der Waals surface area contributed by atoms with Crippen LogP contribution in [-0.4, -0.2) is 24.2 Å². The number of thioether (sulfide) groups is 1. The number of halogens is 2. The van der Waals surface area contributed by atoms with Crippen LogP contribution in [0.25, 0.3) is 17.4 Å². The van der Waals surface area contributed by atoms with Crippen molar-refractivity contribution in [1.29, 1.82) is 0 Å². The maximum Gasteiger partial charge on any atom is 0.337 e. The molecule has 32 heavy (non-hydrogen) atoms. The van der Waals surface area contributed by atoms with Crippen LogP contribution in [0.15, 0.2) is 62.8 Å². The van der Waals surface area contributed by atoms with Crippen molar-refractivity contribution in [1.82, 2.24) is 5.32 Å². The molecule has 0 bridgehead atoms. The van der Waals surface area contributed by atoms with Crippen molar-refractivity contribution in [2.45, 2.75) is 6.92 Å². The lowest BCUT2D eigenvalue weighted by atomic mass is 10.0. The first-order chi connectivity index (χ1) is 15.4. The molecule has 4 rings (SSSR count). The highest BCUT2D eigenvalue weighted by atomic mass is 35.5. The SMILES string of the molecule is COC(=O)c1ccc(C)c(-c2ccc(/C=C3/SC(=Nc4cccc(Cl)c4Cl)NC3=O)o2)c1. The maximum atomic E-state index is 12.4. The molecule has 0 spiro atoms. The summed E-state index contributed by atoms with van der Waals surface area (Å²) in [7, 11) is 1.33. The molecule has 9 heteroatoms. The first-order valence-electron chi connectivity index (χ1n) is 9.38. The molecule has 2 heterocycles. The van der Waals surface area contributed by atoms with E-state index in [9.17, 15) is 9.59 Å². The topological polar surface area (TPSA) is 80.9 Å². The minimum Gasteiger partial charge on any atom is -0.465 e. The van der Waals surface area contributed by atoms with Gasteiger partial charge in [-0.3, -0.25) is 4.79 Å². The number of furan rings is 1. The molecule has 1 amide bonds. The van der Waals surface area contributed by atoms with E-state index in [1.807, 2.05) is 13.0 Å². The zero-order valence-electron chi connectivity index (χ0n) is 16.9. The monoisotopic (exact) mass is 486 g/mol. The van der Waals surface area contributed by atoms with E-state index >= 15 is 0 Å². The van der Waals surface area contributed by atoms with Gasteiger partial charge in [-0.2, -0.15) is 0 Å². The van der Waals surface area contributed by atoms with Gasteiger partial charge in [-0.25, -0.2) is 9.79 Å². The number of amides is 1. The zero-order chi connectivity index (χ0) is 22.8. The fourth-order valence-corrected chi connectivity index (χ4v) is 4.16. The molecule has 0 atom stereocenters. The van der Waals surface area contributed by atoms with E-state index in [-0.39, 0.29) is 5.91 Å². The summed E-state index contributed by atoms with van der Waals surface area (Å²) in [6, 6.07) is 13.9. The molecule has 0 aliphatic carbocycles. The second-order valence-corrected chi connectivity index (χ2v) is 8.59. The fourth-order valence-electron chi connectivity index (χ4n) is 3.01. The van der Waals surface area contributed by atoms with Crippen molar-refractivity contribution < 1.29 is 18.7 Å². The van der Waals surface area contributed by atoms with Crippen LogP contribution >= 0.6 is 35.0 Å². The number of ether oxygens (including phenoxy) is 1. The van der Waals surface area contributed by atoms with E-state index in [0.29, 0.717) is 42.9 Å². The van der Waals surface area contributed by atoms with Crippen LogP contribution in [0.3, 0.4) is 0 Å². The Kier molecular flexibility index (Phi) is 6.41. The van der Waals surface area contributed by atoms with E-state index in [0.717, 1.165) is 11.1 Å². The Balaban J connectivity index is 1.59. The third-order valence-electron chi connectivity index (χ3n) is 4.63. The van der Waals surface area contributed by atoms with Gasteiger partial charge in [-0.15, -0.1) is 0 Å². The number of methoxy groups -OCH3 is 1. The average Bonchev–Trinajstić information content (AvgIpc) is 3.38. The van der Waals surface area contributed by atoms with Crippen molar-refractivity contribution in [3.63, 3.8) is 0 Å². The van der Waals surface area contributed by atoms with Crippen LogP contribution in [0.5, 0.6) is 0 Å². The van der Waals surface area contributed by atoms with Gasteiger partial charge < -0.3 is 14.5 Å². The molecule has 1 fully saturated rings. The van der Waals surface area contributed by atoms with E-state index in [2.05, 4.69) is 10.3 Å². The predicted octanol–water partition coefficient (Wildman–Crippen LogP) is 6.24. The molecule has 0 radical (unpaired) electrons. The summed E-state index contributed by atoms with van der Waals surface area (Å²) >= 11 is 13.4. The number of nitrogens with one attached hydrogen (secondary N) is 1. The molecule has 0 unspecified atom stereocenters. The third-order valence-corrected chi connectivity index (χ3v) is 6.35. The molecule has 162 valence electrons. The predicted molar refractivity (Wildman–Crippen MR) is 127 cm³/mol. The Bertz CT molecular complexity index is 1300. The molecule has 1 aliphatic heterocycles. The minimum absolute atomic E-state index is 0.297. The summed E-state index contributed by atoms with van der Waals surface area (Å²) in [4.78, 5) is 29.0. The molecule has 1 N–H and O–H groups in total. The lowest BCUT2D eigenvalue weighted by Gasteiger charge is -2.05. The minimum atomic E-state index is -0.425. The van der Waals surface area contributed by atoms with Crippen molar-refractivity contribution in [3.8, 4) is 11.3 Å². The number of carbonyl (C=O) groups is 2. The van der Waals surface area contributed by atoms with Gasteiger partial charge in [0.1, 0.15) is 11.5 Å². The smallest absolute Gasteiger partial charge is 0.337 e. The quantitative estimate of drug-likeness (QED) is 0.348. The normalized spacial score (nSPS) is 15.9. The Morgan fingerprint density at radius 1 is 1.19 bits per heavy atom. The number of esters is 1. The van der Waals surface area contributed by atoms with Gasteiger partial charge in [0.05, 0.1) is 33.3 Å². The first-order valence-corrected chi connectivity index (χ1v) is 11.0. The summed E-state index contributed by atoms with van der Waals surface area (Å²) in [6.07, 6.45) is 1.63. The number of benzene rings is 2. The molecule has 0 saturated carbocycles. The number of carbonyl (C=O) groups excluding carboxylic acids is 2. The number of aliphatic imine (C=N–C) groups is 1. The van der Waals surface area contributed by atoms with Crippen molar-refractivity contribution in [2.75, 3.05) is 7.11 Å². The molecule has 6 nitrogen and oxygen atoms in total. The third kappa shape index (κ3) is 4.60. The molecule has 1 aromatic heterocycles. The Labute approximate surface area is 198 Å².